The Kier molecular flexibility index (Phi) is 3.89. The van der Waals surface area contributed by atoms with Crippen molar-refractivity contribution >= 4 is 17.3 Å². The number of carbonyl (C=O) groups is 1. The third-order valence-electron chi connectivity index (χ3n) is 2.90. The van der Waals surface area contributed by atoms with Crippen molar-refractivity contribution in [3.05, 3.63) is 53.0 Å². The molecule has 0 radical (unpaired) electrons. The van der Waals surface area contributed by atoms with Gasteiger partial charge in [0, 0.05) is 5.69 Å². The van der Waals surface area contributed by atoms with Crippen LogP contribution >= 0.6 is 0 Å². The number of carbonyl (C=O) groups excluding carboxylic acids is 1. The summed E-state index contributed by atoms with van der Waals surface area (Å²) in [5.74, 6) is 1.14. The molecule has 1 heterocycles. The number of para-hydroxylation sites is 1. The first-order valence-corrected chi connectivity index (χ1v) is 6.25. The zero-order valence-corrected chi connectivity index (χ0v) is 11.7. The van der Waals surface area contributed by atoms with Crippen molar-refractivity contribution < 1.29 is 9.21 Å². The molecular formula is C15H17N3O2. The number of hydrogen-bond acceptors (Lipinski definition) is 4. The summed E-state index contributed by atoms with van der Waals surface area (Å²) in [4.78, 5) is 12.0. The lowest BCUT2D eigenvalue weighted by Crippen LogP contribution is -2.20. The Hall–Kier alpha value is -2.56. The number of hydrogen-bond donors (Lipinski definition) is 2. The molecule has 0 bridgehead atoms. The quantitative estimate of drug-likeness (QED) is 0.511. The van der Waals surface area contributed by atoms with Crippen molar-refractivity contribution in [2.45, 2.75) is 20.8 Å². The van der Waals surface area contributed by atoms with Crippen molar-refractivity contribution in [2.24, 2.45) is 5.10 Å². The molecule has 2 rings (SSSR count). The van der Waals surface area contributed by atoms with Gasteiger partial charge in [0.15, 0.2) is 5.76 Å². The van der Waals surface area contributed by atoms with Crippen LogP contribution in [0.15, 0.2) is 39.9 Å². The van der Waals surface area contributed by atoms with Crippen LogP contribution < -0.4 is 11.2 Å². The summed E-state index contributed by atoms with van der Waals surface area (Å²) in [5, 5.41) is 4.05. The molecule has 0 saturated carbocycles. The van der Waals surface area contributed by atoms with E-state index in [0.29, 0.717) is 22.7 Å². The van der Waals surface area contributed by atoms with Crippen LogP contribution in [0.1, 0.15) is 34.4 Å². The van der Waals surface area contributed by atoms with E-state index in [0.717, 1.165) is 11.3 Å². The van der Waals surface area contributed by atoms with Gasteiger partial charge in [-0.1, -0.05) is 12.1 Å². The van der Waals surface area contributed by atoms with Crippen molar-refractivity contribution in [3.8, 4) is 0 Å². The van der Waals surface area contributed by atoms with Crippen molar-refractivity contribution in [3.63, 3.8) is 0 Å². The molecule has 1 aromatic carbocycles. The number of nitrogens with zero attached hydrogens (tertiary/aromatic N) is 1. The van der Waals surface area contributed by atoms with Crippen LogP contribution in [0.5, 0.6) is 0 Å². The van der Waals surface area contributed by atoms with Crippen LogP contribution in [0.2, 0.25) is 0 Å². The Morgan fingerprint density at radius 1 is 1.30 bits per heavy atom. The maximum atomic E-state index is 12.0. The summed E-state index contributed by atoms with van der Waals surface area (Å²) >= 11 is 0. The highest BCUT2D eigenvalue weighted by Gasteiger charge is 2.11. The van der Waals surface area contributed by atoms with E-state index >= 15 is 0 Å². The number of nitrogens with two attached hydrogens (primary N) is 1. The first-order valence-electron chi connectivity index (χ1n) is 6.25. The van der Waals surface area contributed by atoms with Gasteiger partial charge in [-0.15, -0.1) is 0 Å². The van der Waals surface area contributed by atoms with E-state index in [1.807, 2.05) is 19.9 Å². The summed E-state index contributed by atoms with van der Waals surface area (Å²) in [6.45, 7) is 5.58. The van der Waals surface area contributed by atoms with Crippen LogP contribution in [-0.2, 0) is 0 Å². The molecule has 2 aromatic rings. The Balaban J connectivity index is 2.15. The Labute approximate surface area is 117 Å². The second kappa shape index (κ2) is 5.61. The van der Waals surface area contributed by atoms with E-state index in [9.17, 15) is 4.79 Å². The summed E-state index contributed by atoms with van der Waals surface area (Å²) in [5.41, 5.74) is 10.6. The molecule has 0 saturated heterocycles. The predicted octanol–water partition coefficient (Wildman–Crippen LogP) is 2.63. The highest BCUT2D eigenvalue weighted by Crippen LogP contribution is 2.14. The van der Waals surface area contributed by atoms with Crippen LogP contribution in [0.25, 0.3) is 0 Å². The Morgan fingerprint density at radius 3 is 2.60 bits per heavy atom. The van der Waals surface area contributed by atoms with Crippen LogP contribution in [0.3, 0.4) is 0 Å². The van der Waals surface area contributed by atoms with Crippen molar-refractivity contribution in [1.82, 2.24) is 5.43 Å². The first kappa shape index (κ1) is 13.9. The Morgan fingerprint density at radius 2 is 2.00 bits per heavy atom. The van der Waals surface area contributed by atoms with Gasteiger partial charge >= 0.3 is 0 Å². The molecule has 0 unspecified atom stereocenters. The fourth-order valence-corrected chi connectivity index (χ4v) is 1.95. The van der Waals surface area contributed by atoms with E-state index in [2.05, 4.69) is 10.5 Å². The number of aryl methyl sites for hydroxylation is 2. The molecule has 5 nitrogen and oxygen atoms in total. The minimum Gasteiger partial charge on any atom is -0.460 e. The van der Waals surface area contributed by atoms with Gasteiger partial charge in [0.05, 0.1) is 5.56 Å². The molecule has 0 aliphatic heterocycles. The van der Waals surface area contributed by atoms with E-state index in [4.69, 9.17) is 10.2 Å². The fourth-order valence-electron chi connectivity index (χ4n) is 1.95. The monoisotopic (exact) mass is 271 g/mol. The van der Waals surface area contributed by atoms with Gasteiger partial charge in [0.25, 0.3) is 5.91 Å². The average Bonchev–Trinajstić information content (AvgIpc) is 2.75. The average molecular weight is 271 g/mol. The highest BCUT2D eigenvalue weighted by molar-refractivity contribution is 6.02. The molecule has 0 fully saturated rings. The van der Waals surface area contributed by atoms with Gasteiger partial charge in [-0.2, -0.15) is 5.10 Å². The lowest BCUT2D eigenvalue weighted by atomic mass is 10.2. The predicted molar refractivity (Wildman–Crippen MR) is 78.7 cm³/mol. The number of nitrogen functional groups attached to an aromatic ring is 1. The summed E-state index contributed by atoms with van der Waals surface area (Å²) in [7, 11) is 0. The van der Waals surface area contributed by atoms with E-state index < -0.39 is 0 Å². The van der Waals surface area contributed by atoms with Crippen LogP contribution in [0, 0.1) is 13.8 Å². The number of amides is 1. The SMILES string of the molecule is C/C(=N/NC(=O)c1ccccc1N)c1oc(C)cc1C. The van der Waals surface area contributed by atoms with Gasteiger partial charge in [0.1, 0.15) is 11.5 Å². The summed E-state index contributed by atoms with van der Waals surface area (Å²) in [6.07, 6.45) is 0. The van der Waals surface area contributed by atoms with Gasteiger partial charge < -0.3 is 10.2 Å². The minimum absolute atomic E-state index is 0.344. The number of benzene rings is 1. The van der Waals surface area contributed by atoms with Crippen LogP contribution in [0.4, 0.5) is 5.69 Å². The second-order valence-corrected chi connectivity index (χ2v) is 4.59. The standard InChI is InChI=1S/C15H17N3O2/c1-9-8-10(2)20-14(9)11(3)17-18-15(19)12-6-4-5-7-13(12)16/h4-8H,16H2,1-3H3,(H,18,19)/b17-11-. The molecule has 5 heteroatoms. The molecule has 3 N–H and O–H groups in total. The maximum Gasteiger partial charge on any atom is 0.273 e. The zero-order chi connectivity index (χ0) is 14.7. The smallest absolute Gasteiger partial charge is 0.273 e. The number of furan rings is 1. The highest BCUT2D eigenvalue weighted by atomic mass is 16.3. The van der Waals surface area contributed by atoms with Crippen LogP contribution in [-0.4, -0.2) is 11.6 Å². The Bertz CT molecular complexity index is 672. The first-order chi connectivity index (χ1) is 9.49. The number of nitrogens with one attached hydrogen (secondary N) is 1. The molecule has 0 aliphatic carbocycles. The molecule has 1 amide bonds. The van der Waals surface area contributed by atoms with Gasteiger partial charge in [-0.3, -0.25) is 4.79 Å². The lowest BCUT2D eigenvalue weighted by molar-refractivity contribution is 0.0955. The van der Waals surface area contributed by atoms with Gasteiger partial charge in [0.2, 0.25) is 0 Å². The molecule has 0 atom stereocenters. The fraction of sp³-hybridized carbons (Fsp3) is 0.200. The molecule has 104 valence electrons. The molecular weight excluding hydrogens is 254 g/mol. The lowest BCUT2D eigenvalue weighted by Gasteiger charge is -2.04. The molecule has 0 aliphatic rings. The zero-order valence-electron chi connectivity index (χ0n) is 11.7. The molecule has 1 aromatic heterocycles. The van der Waals surface area contributed by atoms with E-state index in [1.54, 1.807) is 31.2 Å². The largest absolute Gasteiger partial charge is 0.460 e. The third-order valence-corrected chi connectivity index (χ3v) is 2.90. The molecule has 20 heavy (non-hydrogen) atoms. The van der Waals surface area contributed by atoms with Crippen molar-refractivity contribution in [1.29, 1.82) is 0 Å². The van der Waals surface area contributed by atoms with Gasteiger partial charge in [-0.05, 0) is 44.5 Å². The summed E-state index contributed by atoms with van der Waals surface area (Å²) in [6, 6.07) is 8.77. The maximum absolute atomic E-state index is 12.0. The van der Waals surface area contributed by atoms with E-state index in [-0.39, 0.29) is 5.91 Å². The molecule has 0 spiro atoms. The number of hydrazone groups is 1. The minimum atomic E-state index is -0.344. The van der Waals surface area contributed by atoms with Crippen molar-refractivity contribution in [2.75, 3.05) is 5.73 Å². The number of rotatable bonds is 3. The normalized spacial score (nSPS) is 11.4. The topological polar surface area (TPSA) is 80.6 Å². The second-order valence-electron chi connectivity index (χ2n) is 4.59. The van der Waals surface area contributed by atoms with E-state index in [1.165, 1.54) is 0 Å². The summed E-state index contributed by atoms with van der Waals surface area (Å²) < 4.78 is 5.53. The van der Waals surface area contributed by atoms with Gasteiger partial charge in [-0.25, -0.2) is 5.43 Å². The third kappa shape index (κ3) is 2.88. The number of anilines is 1.